The highest BCUT2D eigenvalue weighted by atomic mass is 16.3. The number of aliphatic hydroxyl groups excluding tert-OH is 1. The summed E-state index contributed by atoms with van der Waals surface area (Å²) in [5.74, 6) is 0.894. The Balaban J connectivity index is 1.87. The van der Waals surface area contributed by atoms with E-state index in [0.717, 1.165) is 36.5 Å². The number of aliphatic hydroxyl groups is 1. The van der Waals surface area contributed by atoms with Gasteiger partial charge in [-0.05, 0) is 19.2 Å². The van der Waals surface area contributed by atoms with Crippen molar-refractivity contribution in [3.63, 3.8) is 0 Å². The van der Waals surface area contributed by atoms with Crippen LogP contribution in [0.15, 0.2) is 30.5 Å². The maximum atomic E-state index is 9.39. The van der Waals surface area contributed by atoms with Crippen LogP contribution in [0.4, 0.5) is 5.82 Å². The number of anilines is 1. The third-order valence-corrected chi connectivity index (χ3v) is 3.75. The summed E-state index contributed by atoms with van der Waals surface area (Å²) < 4.78 is 0. The monoisotopic (exact) mass is 258 g/mol. The van der Waals surface area contributed by atoms with Crippen molar-refractivity contribution in [1.82, 2.24) is 14.9 Å². The topological polar surface area (TPSA) is 52.5 Å². The molecule has 0 bridgehead atoms. The van der Waals surface area contributed by atoms with E-state index in [0.29, 0.717) is 0 Å². The van der Waals surface area contributed by atoms with Crippen LogP contribution in [0.5, 0.6) is 0 Å². The lowest BCUT2D eigenvalue weighted by molar-refractivity contribution is 0.135. The zero-order valence-corrected chi connectivity index (χ0v) is 11.0. The molecule has 5 heteroatoms. The van der Waals surface area contributed by atoms with Crippen LogP contribution >= 0.6 is 0 Å². The number of aromatic nitrogens is 2. The fourth-order valence-corrected chi connectivity index (χ4v) is 2.45. The number of para-hydroxylation sites is 2. The fraction of sp³-hybridized carbons (Fsp3) is 0.429. The maximum absolute atomic E-state index is 9.39. The van der Waals surface area contributed by atoms with E-state index in [1.54, 1.807) is 0 Å². The van der Waals surface area contributed by atoms with Crippen molar-refractivity contribution in [2.45, 2.75) is 6.04 Å². The molecular weight excluding hydrogens is 240 g/mol. The Hall–Kier alpha value is -1.72. The van der Waals surface area contributed by atoms with Crippen molar-refractivity contribution in [1.29, 1.82) is 0 Å². The van der Waals surface area contributed by atoms with Crippen molar-refractivity contribution in [2.75, 3.05) is 38.2 Å². The van der Waals surface area contributed by atoms with Gasteiger partial charge in [0.05, 0.1) is 29.9 Å². The first kappa shape index (κ1) is 12.3. The molecule has 2 heterocycles. The minimum absolute atomic E-state index is 0.169. The minimum Gasteiger partial charge on any atom is -0.395 e. The average molecular weight is 258 g/mol. The largest absolute Gasteiger partial charge is 0.395 e. The maximum Gasteiger partial charge on any atom is 0.147 e. The molecule has 2 aromatic rings. The van der Waals surface area contributed by atoms with E-state index in [-0.39, 0.29) is 12.6 Å². The van der Waals surface area contributed by atoms with Crippen molar-refractivity contribution in [2.24, 2.45) is 0 Å². The second-order valence-electron chi connectivity index (χ2n) is 4.98. The first-order valence-corrected chi connectivity index (χ1v) is 6.56. The second kappa shape index (κ2) is 5.11. The van der Waals surface area contributed by atoms with E-state index in [4.69, 9.17) is 0 Å². The van der Waals surface area contributed by atoms with Crippen molar-refractivity contribution < 1.29 is 5.11 Å². The van der Waals surface area contributed by atoms with Gasteiger partial charge in [0.25, 0.3) is 0 Å². The summed E-state index contributed by atoms with van der Waals surface area (Å²) in [6.07, 6.45) is 1.82. The Morgan fingerprint density at radius 2 is 2.05 bits per heavy atom. The standard InChI is InChI=1S/C14H18N4O/c1-17-6-7-18(9-11(17)10-19)14-8-15-12-4-2-3-5-13(12)16-14/h2-5,8,11,19H,6-7,9-10H2,1H3/t11-/m0/s1. The molecule has 0 saturated carbocycles. The molecule has 100 valence electrons. The third kappa shape index (κ3) is 2.39. The van der Waals surface area contributed by atoms with Crippen LogP contribution in [0, 0.1) is 0 Å². The second-order valence-corrected chi connectivity index (χ2v) is 4.98. The lowest BCUT2D eigenvalue weighted by atomic mass is 10.2. The number of hydrogen-bond acceptors (Lipinski definition) is 5. The molecule has 5 nitrogen and oxygen atoms in total. The Bertz CT molecular complexity index is 574. The lowest BCUT2D eigenvalue weighted by Gasteiger charge is -2.39. The Morgan fingerprint density at radius 1 is 1.26 bits per heavy atom. The molecule has 1 fully saturated rings. The molecule has 1 aliphatic heterocycles. The Labute approximate surface area is 112 Å². The van der Waals surface area contributed by atoms with Gasteiger partial charge in [0, 0.05) is 19.6 Å². The van der Waals surface area contributed by atoms with Crippen LogP contribution in [0.1, 0.15) is 0 Å². The zero-order valence-electron chi connectivity index (χ0n) is 11.0. The number of likely N-dealkylation sites (N-methyl/N-ethyl adjacent to an activating group) is 1. The molecule has 1 aliphatic rings. The summed E-state index contributed by atoms with van der Waals surface area (Å²) in [4.78, 5) is 13.5. The van der Waals surface area contributed by atoms with Crippen molar-refractivity contribution in [3.8, 4) is 0 Å². The quantitative estimate of drug-likeness (QED) is 0.861. The number of rotatable bonds is 2. The average Bonchev–Trinajstić information content (AvgIpc) is 2.47. The molecule has 1 saturated heterocycles. The first-order valence-electron chi connectivity index (χ1n) is 6.56. The molecule has 3 rings (SSSR count). The van der Waals surface area contributed by atoms with Gasteiger partial charge in [0.2, 0.25) is 0 Å². The van der Waals surface area contributed by atoms with Gasteiger partial charge < -0.3 is 10.0 Å². The van der Waals surface area contributed by atoms with Crippen LogP contribution in [-0.4, -0.2) is 59.3 Å². The van der Waals surface area contributed by atoms with Gasteiger partial charge in [-0.15, -0.1) is 0 Å². The van der Waals surface area contributed by atoms with Crippen LogP contribution < -0.4 is 4.90 Å². The van der Waals surface area contributed by atoms with E-state index in [1.807, 2.05) is 37.5 Å². The van der Waals surface area contributed by atoms with E-state index in [2.05, 4.69) is 19.8 Å². The summed E-state index contributed by atoms with van der Waals surface area (Å²) in [6, 6.07) is 8.05. The van der Waals surface area contributed by atoms with Gasteiger partial charge in [-0.1, -0.05) is 12.1 Å². The van der Waals surface area contributed by atoms with Gasteiger partial charge in [-0.25, -0.2) is 4.98 Å². The normalized spacial score (nSPS) is 20.9. The van der Waals surface area contributed by atoms with Crippen LogP contribution in [0.25, 0.3) is 11.0 Å². The van der Waals surface area contributed by atoms with Gasteiger partial charge >= 0.3 is 0 Å². The number of nitrogens with zero attached hydrogens (tertiary/aromatic N) is 4. The predicted octanol–water partition coefficient (Wildman–Crippen LogP) is 0.742. The molecule has 1 aromatic carbocycles. The molecular formula is C14H18N4O. The first-order chi connectivity index (χ1) is 9.28. The number of hydrogen-bond donors (Lipinski definition) is 1. The third-order valence-electron chi connectivity index (χ3n) is 3.75. The molecule has 1 N–H and O–H groups in total. The predicted molar refractivity (Wildman–Crippen MR) is 75.3 cm³/mol. The van der Waals surface area contributed by atoms with Gasteiger partial charge in [-0.2, -0.15) is 0 Å². The van der Waals surface area contributed by atoms with Gasteiger partial charge in [0.15, 0.2) is 0 Å². The highest BCUT2D eigenvalue weighted by Crippen LogP contribution is 2.18. The fourth-order valence-electron chi connectivity index (χ4n) is 2.45. The Kier molecular flexibility index (Phi) is 3.31. The highest BCUT2D eigenvalue weighted by molar-refractivity contribution is 5.75. The molecule has 0 aliphatic carbocycles. The van der Waals surface area contributed by atoms with Crippen LogP contribution in [0.3, 0.4) is 0 Å². The molecule has 0 unspecified atom stereocenters. The molecule has 0 spiro atoms. The van der Waals surface area contributed by atoms with Crippen molar-refractivity contribution in [3.05, 3.63) is 30.5 Å². The van der Waals surface area contributed by atoms with E-state index < -0.39 is 0 Å². The van der Waals surface area contributed by atoms with Crippen molar-refractivity contribution >= 4 is 16.9 Å². The summed E-state index contributed by atoms with van der Waals surface area (Å²) in [6.45, 7) is 2.81. The molecule has 1 atom stereocenters. The molecule has 1 aromatic heterocycles. The smallest absolute Gasteiger partial charge is 0.147 e. The SMILES string of the molecule is CN1CCN(c2cnc3ccccc3n2)C[C@H]1CO. The van der Waals surface area contributed by atoms with Gasteiger partial charge in [-0.3, -0.25) is 9.88 Å². The van der Waals surface area contributed by atoms with Crippen LogP contribution in [-0.2, 0) is 0 Å². The summed E-state index contributed by atoms with van der Waals surface area (Å²) >= 11 is 0. The highest BCUT2D eigenvalue weighted by Gasteiger charge is 2.24. The zero-order chi connectivity index (χ0) is 13.2. The number of piperazine rings is 1. The molecule has 19 heavy (non-hydrogen) atoms. The summed E-state index contributed by atoms with van der Waals surface area (Å²) in [5.41, 5.74) is 1.83. The molecule has 0 radical (unpaired) electrons. The minimum atomic E-state index is 0.169. The van der Waals surface area contributed by atoms with E-state index in [1.165, 1.54) is 0 Å². The van der Waals surface area contributed by atoms with Crippen LogP contribution in [0.2, 0.25) is 0 Å². The van der Waals surface area contributed by atoms with Gasteiger partial charge in [0.1, 0.15) is 5.82 Å². The number of benzene rings is 1. The van der Waals surface area contributed by atoms with E-state index >= 15 is 0 Å². The number of fused-ring (bicyclic) bond motifs is 1. The Morgan fingerprint density at radius 3 is 2.84 bits per heavy atom. The summed E-state index contributed by atoms with van der Waals surface area (Å²) in [7, 11) is 2.05. The lowest BCUT2D eigenvalue weighted by Crippen LogP contribution is -2.53. The molecule has 0 amide bonds. The van der Waals surface area contributed by atoms with E-state index in [9.17, 15) is 5.11 Å². The summed E-state index contributed by atoms with van der Waals surface area (Å²) in [5, 5.41) is 9.39.